The predicted octanol–water partition coefficient (Wildman–Crippen LogP) is 5.42. The fraction of sp³-hybridized carbons (Fsp3) is 0.475. The van der Waals surface area contributed by atoms with Crippen molar-refractivity contribution in [1.29, 1.82) is 0 Å². The number of benzene rings is 3. The Morgan fingerprint density at radius 1 is 0.852 bits per heavy atom. The van der Waals surface area contributed by atoms with Gasteiger partial charge in [-0.3, -0.25) is 9.59 Å². The zero-order valence-electron chi connectivity index (χ0n) is 30.7. The third-order valence-corrected chi connectivity index (χ3v) is 15.3. The Hall–Kier alpha value is -4.00. The van der Waals surface area contributed by atoms with Gasteiger partial charge in [-0.2, -0.15) is 4.79 Å². The number of fused-ring (bicyclic) bond motifs is 6. The molecule has 2 saturated heterocycles. The highest BCUT2D eigenvalue weighted by Gasteiger charge is 2.66. The van der Waals surface area contributed by atoms with Crippen LogP contribution in [-0.4, -0.2) is 95.3 Å². The van der Waals surface area contributed by atoms with Crippen LogP contribution >= 0.6 is 11.6 Å². The van der Waals surface area contributed by atoms with E-state index in [9.17, 15) is 15.1 Å². The molecule has 0 radical (unpaired) electrons. The molecule has 9 nitrogen and oxygen atoms in total. The van der Waals surface area contributed by atoms with Crippen LogP contribution < -0.4 is 25.5 Å². The summed E-state index contributed by atoms with van der Waals surface area (Å²) in [5.41, 5.74) is 8.37. The van der Waals surface area contributed by atoms with E-state index in [1.54, 1.807) is 12.1 Å². The lowest BCUT2D eigenvalue weighted by Crippen LogP contribution is -2.65. The molecule has 1 amide bonds. The van der Waals surface area contributed by atoms with E-state index >= 15 is 13.2 Å². The Balaban J connectivity index is 1.25. The van der Waals surface area contributed by atoms with Crippen molar-refractivity contribution in [2.75, 3.05) is 74.8 Å². The number of halogens is 4. The van der Waals surface area contributed by atoms with Crippen molar-refractivity contribution >= 4 is 58.8 Å². The largest absolute Gasteiger partial charge is 0.379 e. The molecular weight excluding hydrogens is 735 g/mol. The zero-order valence-corrected chi connectivity index (χ0v) is 32.5. The van der Waals surface area contributed by atoms with Gasteiger partial charge < -0.3 is 30.1 Å². The summed E-state index contributed by atoms with van der Waals surface area (Å²) in [5, 5.41) is 4.15. The van der Waals surface area contributed by atoms with Crippen molar-refractivity contribution in [2.24, 2.45) is 0 Å². The fourth-order valence-electron chi connectivity index (χ4n) is 8.36. The molecule has 2 fully saturated rings. The topological polar surface area (TPSA) is 108 Å². The zero-order chi connectivity index (χ0) is 38.2. The summed E-state index contributed by atoms with van der Waals surface area (Å²) < 4.78 is 60.6. The van der Waals surface area contributed by atoms with E-state index in [2.05, 4.69) is 45.1 Å². The molecule has 3 aliphatic heterocycles. The predicted molar refractivity (Wildman–Crippen MR) is 206 cm³/mol. The van der Waals surface area contributed by atoms with Gasteiger partial charge in [-0.1, -0.05) is 38.1 Å². The van der Waals surface area contributed by atoms with E-state index in [1.807, 2.05) is 12.1 Å². The summed E-state index contributed by atoms with van der Waals surface area (Å²) in [6.07, 6.45) is 6.05. The smallest absolute Gasteiger partial charge is 0.358 e. The van der Waals surface area contributed by atoms with E-state index in [4.69, 9.17) is 21.1 Å². The van der Waals surface area contributed by atoms with E-state index in [1.165, 1.54) is 0 Å². The van der Waals surface area contributed by atoms with Crippen LogP contribution in [0.15, 0.2) is 36.4 Å². The lowest BCUT2D eigenvalue weighted by atomic mass is 9.68. The number of nitrogens with one attached hydrogen (secondary N) is 1. The summed E-state index contributed by atoms with van der Waals surface area (Å²) in [7, 11) is -2.66. The maximum absolute atomic E-state index is 17.3. The molecule has 54 heavy (non-hydrogen) atoms. The Kier molecular flexibility index (Phi) is 11.1. The Bertz CT molecular complexity index is 1970. The highest BCUT2D eigenvalue weighted by atomic mass is 35.5. The second-order valence-corrected chi connectivity index (χ2v) is 19.6. The normalized spacial score (nSPS) is 17.4. The number of anilines is 2. The van der Waals surface area contributed by atoms with E-state index in [-0.39, 0.29) is 19.8 Å². The summed E-state index contributed by atoms with van der Waals surface area (Å²) in [6, 6.07) is 11.4. The fourth-order valence-corrected chi connectivity index (χ4v) is 11.7. The summed E-state index contributed by atoms with van der Waals surface area (Å²) in [4.78, 5) is 35.6. The molecule has 3 aromatic carbocycles. The van der Waals surface area contributed by atoms with Crippen molar-refractivity contribution in [2.45, 2.75) is 57.0 Å². The maximum Gasteiger partial charge on any atom is 0.358 e. The number of rotatable bonds is 15. The molecule has 3 aromatic rings. The van der Waals surface area contributed by atoms with Gasteiger partial charge in [-0.15, -0.1) is 11.6 Å². The van der Waals surface area contributed by atoms with Crippen molar-refractivity contribution in [3.63, 3.8) is 0 Å². The standard InChI is InChI=1S/C40H45ClF3N5O4Si/c1-54(2)29-23-25(48-15-7-16-48)9-11-27(29)40(28-12-10-26(24-30(28)54)49-17-8-18-49)33-31(37(50)38(40)47-45)35(43)36(44)32(34(33)42)39(51)46-14-20-53-22-21-52-19-6-4-3-5-13-41/h9-12,23-24H,3-8,13-22H2,1-2H3,(H,46,51). The first-order valence-electron chi connectivity index (χ1n) is 18.9. The molecule has 0 atom stereocenters. The van der Waals surface area contributed by atoms with Crippen LogP contribution in [0.5, 0.6) is 0 Å². The van der Waals surface area contributed by atoms with Gasteiger partial charge in [0.25, 0.3) is 11.7 Å². The average Bonchev–Trinajstić information content (AvgIpc) is 3.37. The Morgan fingerprint density at radius 2 is 1.43 bits per heavy atom. The monoisotopic (exact) mass is 779 g/mol. The second-order valence-electron chi connectivity index (χ2n) is 14.9. The highest BCUT2D eigenvalue weighted by molar-refractivity contribution is 7.01. The first-order chi connectivity index (χ1) is 26.1. The lowest BCUT2D eigenvalue weighted by Gasteiger charge is -2.44. The molecule has 0 saturated carbocycles. The van der Waals surface area contributed by atoms with Gasteiger partial charge in [0.1, 0.15) is 19.5 Å². The number of unbranched alkanes of at least 4 members (excludes halogenated alkanes) is 3. The molecular formula is C40H45ClF3N5O4Si. The van der Waals surface area contributed by atoms with Crippen LogP contribution in [0, 0.1) is 17.5 Å². The Labute approximate surface area is 319 Å². The number of alkyl halides is 1. The molecule has 3 heterocycles. The van der Waals surface area contributed by atoms with E-state index < -0.39 is 65.0 Å². The first kappa shape index (κ1) is 38.3. The number of hydrogen-bond acceptors (Lipinski definition) is 6. The van der Waals surface area contributed by atoms with Gasteiger partial charge in [0.2, 0.25) is 0 Å². The van der Waals surface area contributed by atoms with Crippen LogP contribution in [0.25, 0.3) is 5.53 Å². The van der Waals surface area contributed by atoms with Crippen molar-refractivity contribution in [3.8, 4) is 0 Å². The molecule has 0 bridgehead atoms. The summed E-state index contributed by atoms with van der Waals surface area (Å²) >= 11 is 5.69. The summed E-state index contributed by atoms with van der Waals surface area (Å²) in [6.45, 7) is 8.92. The van der Waals surface area contributed by atoms with Crippen LogP contribution in [0.1, 0.15) is 75.9 Å². The van der Waals surface area contributed by atoms with Gasteiger partial charge >= 0.3 is 5.71 Å². The molecule has 0 aromatic heterocycles. The minimum atomic E-state index is -2.66. The molecule has 0 unspecified atom stereocenters. The molecule has 1 N–H and O–H groups in total. The molecule has 7 rings (SSSR count). The molecule has 1 spiro atoms. The quantitative estimate of drug-likeness (QED) is 0.0552. The first-order valence-corrected chi connectivity index (χ1v) is 22.4. The number of Topliss-reactive ketones (excluding diaryl/α,β-unsaturated/α-hetero) is 1. The number of ketones is 1. The maximum atomic E-state index is 17.3. The lowest BCUT2D eigenvalue weighted by molar-refractivity contribution is -0.0116. The minimum Gasteiger partial charge on any atom is -0.379 e. The van der Waals surface area contributed by atoms with Crippen molar-refractivity contribution < 1.29 is 37.0 Å². The SMILES string of the molecule is C[Si]1(C)c2cc(N3CCC3)ccc2C2(C(=[N+]=[N-])C(=O)c3c(F)c(F)c(C(=O)NCCOCCOCCCCCCCl)c(F)c32)c2ccc(N3CCC3)cc21. The number of amides is 1. The third-order valence-electron chi connectivity index (χ3n) is 11.5. The van der Waals surface area contributed by atoms with Crippen LogP contribution in [-0.2, 0) is 14.9 Å². The number of carbonyl (C=O) groups is 2. The molecule has 4 aliphatic rings. The highest BCUT2D eigenvalue weighted by Crippen LogP contribution is 2.52. The molecule has 14 heteroatoms. The van der Waals surface area contributed by atoms with Crippen LogP contribution in [0.4, 0.5) is 24.5 Å². The minimum absolute atomic E-state index is 0.0182. The third kappa shape index (κ3) is 6.27. The average molecular weight is 780 g/mol. The number of carbonyl (C=O) groups excluding carboxylic acids is 2. The van der Waals surface area contributed by atoms with Crippen LogP contribution in [0.2, 0.25) is 13.1 Å². The summed E-state index contributed by atoms with van der Waals surface area (Å²) in [5.74, 6) is -6.54. The van der Waals surface area contributed by atoms with E-state index in [0.717, 1.165) is 86.5 Å². The van der Waals surface area contributed by atoms with E-state index in [0.29, 0.717) is 30.2 Å². The number of ether oxygens (including phenoxy) is 2. The van der Waals surface area contributed by atoms with Gasteiger partial charge in [0.05, 0.1) is 25.4 Å². The van der Waals surface area contributed by atoms with Gasteiger partial charge in [-0.05, 0) is 71.4 Å². The van der Waals surface area contributed by atoms with Gasteiger partial charge in [-0.25, -0.2) is 13.2 Å². The Morgan fingerprint density at radius 3 is 1.96 bits per heavy atom. The molecule has 286 valence electrons. The second kappa shape index (κ2) is 15.6. The molecule has 1 aliphatic carbocycles. The number of hydrogen-bond donors (Lipinski definition) is 1. The van der Waals surface area contributed by atoms with Gasteiger partial charge in [0.15, 0.2) is 17.0 Å². The van der Waals surface area contributed by atoms with Crippen molar-refractivity contribution in [1.82, 2.24) is 5.32 Å². The number of nitrogens with zero attached hydrogens (tertiary/aromatic N) is 4. The van der Waals surface area contributed by atoms with Gasteiger partial charge in [0, 0.05) is 62.1 Å². The van der Waals surface area contributed by atoms with Crippen LogP contribution in [0.3, 0.4) is 0 Å². The van der Waals surface area contributed by atoms with Crippen molar-refractivity contribution in [3.05, 3.63) is 87.2 Å².